The third-order valence-electron chi connectivity index (χ3n) is 4.65. The molecule has 0 spiro atoms. The molecule has 0 unspecified atom stereocenters. The summed E-state index contributed by atoms with van der Waals surface area (Å²) in [6.45, 7) is 0.510. The number of hydrogen-bond donors (Lipinski definition) is 1. The summed E-state index contributed by atoms with van der Waals surface area (Å²) >= 11 is 0. The van der Waals surface area contributed by atoms with Crippen molar-refractivity contribution in [1.82, 2.24) is 5.32 Å². The van der Waals surface area contributed by atoms with Gasteiger partial charge in [0.1, 0.15) is 24.4 Å². The van der Waals surface area contributed by atoms with Crippen molar-refractivity contribution in [2.75, 3.05) is 14.2 Å². The SMILES string of the molecule is COP(=O)(OC)/C(=C/c1ccc(OCc2ccccc2)cc1)NC(=O)OCc1ccccc1. The van der Waals surface area contributed by atoms with Crippen LogP contribution in [0, 0.1) is 0 Å². The van der Waals surface area contributed by atoms with Crippen LogP contribution in [0.2, 0.25) is 0 Å². The first-order valence-corrected chi connectivity index (χ1v) is 11.7. The minimum atomic E-state index is -3.75. The highest BCUT2D eigenvalue weighted by molar-refractivity contribution is 7.58. The largest absolute Gasteiger partial charge is 0.489 e. The molecule has 3 rings (SSSR count). The Balaban J connectivity index is 1.69. The first kappa shape index (κ1) is 24.3. The maximum atomic E-state index is 13.0. The van der Waals surface area contributed by atoms with Crippen LogP contribution in [0.4, 0.5) is 4.79 Å². The van der Waals surface area contributed by atoms with Gasteiger partial charge in [0.25, 0.3) is 0 Å². The van der Waals surface area contributed by atoms with Crippen LogP contribution in [0.15, 0.2) is 90.4 Å². The highest BCUT2D eigenvalue weighted by Crippen LogP contribution is 2.54. The van der Waals surface area contributed by atoms with Gasteiger partial charge >= 0.3 is 13.7 Å². The van der Waals surface area contributed by atoms with Gasteiger partial charge in [-0.05, 0) is 34.9 Å². The maximum absolute atomic E-state index is 13.0. The summed E-state index contributed by atoms with van der Waals surface area (Å²) in [4.78, 5) is 12.3. The number of ether oxygens (including phenoxy) is 2. The molecule has 0 saturated heterocycles. The van der Waals surface area contributed by atoms with Crippen molar-refractivity contribution in [2.24, 2.45) is 0 Å². The van der Waals surface area contributed by atoms with Crippen molar-refractivity contribution in [3.05, 3.63) is 107 Å². The Bertz CT molecular complexity index is 1090. The molecule has 8 heteroatoms. The minimum Gasteiger partial charge on any atom is -0.489 e. The monoisotopic (exact) mass is 467 g/mol. The van der Waals surface area contributed by atoms with E-state index in [-0.39, 0.29) is 12.0 Å². The van der Waals surface area contributed by atoms with E-state index in [0.29, 0.717) is 17.9 Å². The molecule has 3 aromatic rings. The van der Waals surface area contributed by atoms with E-state index in [1.54, 1.807) is 24.3 Å². The fourth-order valence-corrected chi connectivity index (χ4v) is 3.96. The number of carbonyl (C=O) groups is 1. The Labute approximate surface area is 193 Å². The molecule has 0 aliphatic carbocycles. The van der Waals surface area contributed by atoms with E-state index in [1.165, 1.54) is 20.3 Å². The van der Waals surface area contributed by atoms with Gasteiger partial charge in [-0.25, -0.2) is 4.79 Å². The smallest absolute Gasteiger partial charge is 0.412 e. The summed E-state index contributed by atoms with van der Waals surface area (Å²) in [5, 5.41) is 2.50. The van der Waals surface area contributed by atoms with Gasteiger partial charge in [-0.3, -0.25) is 9.88 Å². The van der Waals surface area contributed by atoms with Crippen molar-refractivity contribution in [2.45, 2.75) is 13.2 Å². The van der Waals surface area contributed by atoms with Crippen LogP contribution in [0.25, 0.3) is 6.08 Å². The Morgan fingerprint density at radius 2 is 1.36 bits per heavy atom. The lowest BCUT2D eigenvalue weighted by molar-refractivity contribution is 0.142. The van der Waals surface area contributed by atoms with E-state index in [2.05, 4.69) is 5.32 Å². The van der Waals surface area contributed by atoms with Crippen molar-refractivity contribution in [3.63, 3.8) is 0 Å². The summed E-state index contributed by atoms with van der Waals surface area (Å²) in [6.07, 6.45) is 0.737. The summed E-state index contributed by atoms with van der Waals surface area (Å²) in [7, 11) is -1.26. The molecule has 1 N–H and O–H groups in total. The van der Waals surface area contributed by atoms with Crippen molar-refractivity contribution in [3.8, 4) is 5.75 Å². The molecule has 0 saturated carbocycles. The quantitative estimate of drug-likeness (QED) is 0.370. The van der Waals surface area contributed by atoms with Crippen molar-refractivity contribution >= 4 is 19.8 Å². The lowest BCUT2D eigenvalue weighted by atomic mass is 10.2. The Hall–Kier alpha value is -3.38. The molecule has 0 fully saturated rings. The zero-order valence-electron chi connectivity index (χ0n) is 18.5. The molecular formula is C25H26NO6P. The van der Waals surface area contributed by atoms with Crippen LogP contribution in [0.5, 0.6) is 5.75 Å². The molecule has 172 valence electrons. The topological polar surface area (TPSA) is 83.1 Å². The van der Waals surface area contributed by atoms with Crippen LogP contribution in [-0.4, -0.2) is 20.3 Å². The van der Waals surface area contributed by atoms with Gasteiger partial charge in [-0.15, -0.1) is 0 Å². The number of rotatable bonds is 10. The zero-order chi connectivity index (χ0) is 23.5. The second-order valence-electron chi connectivity index (χ2n) is 6.92. The van der Waals surface area contributed by atoms with Crippen LogP contribution in [0.1, 0.15) is 16.7 Å². The highest BCUT2D eigenvalue weighted by atomic mass is 31.2. The number of amides is 1. The van der Waals surface area contributed by atoms with Crippen LogP contribution < -0.4 is 10.1 Å². The average Bonchev–Trinajstić information content (AvgIpc) is 2.87. The first-order chi connectivity index (χ1) is 16.0. The second-order valence-corrected chi connectivity index (χ2v) is 9.13. The molecule has 0 atom stereocenters. The third-order valence-corrected chi connectivity index (χ3v) is 6.44. The summed E-state index contributed by atoms with van der Waals surface area (Å²) in [6, 6.07) is 26.2. The van der Waals surface area contributed by atoms with Gasteiger partial charge in [-0.1, -0.05) is 72.8 Å². The second kappa shape index (κ2) is 12.0. The Morgan fingerprint density at radius 1 is 0.818 bits per heavy atom. The van der Waals surface area contributed by atoms with Gasteiger partial charge in [-0.2, -0.15) is 0 Å². The number of carbonyl (C=O) groups excluding carboxylic acids is 1. The van der Waals surface area contributed by atoms with Crippen molar-refractivity contribution in [1.29, 1.82) is 0 Å². The minimum absolute atomic E-state index is 0.0384. The Morgan fingerprint density at radius 3 is 1.91 bits per heavy atom. The molecule has 0 heterocycles. The predicted molar refractivity (Wildman–Crippen MR) is 127 cm³/mol. The molecule has 33 heavy (non-hydrogen) atoms. The number of hydrogen-bond acceptors (Lipinski definition) is 6. The molecule has 0 radical (unpaired) electrons. The highest BCUT2D eigenvalue weighted by Gasteiger charge is 2.30. The van der Waals surface area contributed by atoms with Gasteiger partial charge in [0.05, 0.1) is 0 Å². The number of alkyl carbamates (subject to hydrolysis) is 1. The van der Waals surface area contributed by atoms with E-state index in [1.807, 2.05) is 60.7 Å². The van der Waals surface area contributed by atoms with E-state index in [0.717, 1.165) is 11.1 Å². The van der Waals surface area contributed by atoms with Gasteiger partial charge in [0.15, 0.2) is 0 Å². The van der Waals surface area contributed by atoms with E-state index in [4.69, 9.17) is 18.5 Å². The molecule has 0 aliphatic heterocycles. The molecule has 7 nitrogen and oxygen atoms in total. The average molecular weight is 467 g/mol. The van der Waals surface area contributed by atoms with Crippen LogP contribution in [0.3, 0.4) is 0 Å². The zero-order valence-corrected chi connectivity index (χ0v) is 19.4. The Kier molecular flexibility index (Phi) is 8.84. The lowest BCUT2D eigenvalue weighted by Gasteiger charge is -2.18. The maximum Gasteiger partial charge on any atom is 0.412 e. The standard InChI is InChI=1S/C25H26NO6P/c1-29-33(28,30-2)24(26-25(27)32-19-22-11-7-4-8-12-22)17-20-13-15-23(16-14-20)31-18-21-9-5-3-6-10-21/h3-17H,18-19H2,1-2H3,(H,26,27)/b24-17+. The fourth-order valence-electron chi connectivity index (χ4n) is 2.88. The molecule has 3 aromatic carbocycles. The van der Waals surface area contributed by atoms with E-state index >= 15 is 0 Å². The van der Waals surface area contributed by atoms with Crippen LogP contribution >= 0.6 is 7.60 Å². The van der Waals surface area contributed by atoms with Gasteiger partial charge in [0.2, 0.25) is 0 Å². The lowest BCUT2D eigenvalue weighted by Crippen LogP contribution is -2.24. The predicted octanol–water partition coefficient (Wildman–Crippen LogP) is 5.98. The van der Waals surface area contributed by atoms with Gasteiger partial charge < -0.3 is 18.5 Å². The normalized spacial score (nSPS) is 11.6. The summed E-state index contributed by atoms with van der Waals surface area (Å²) in [5.41, 5.74) is 2.51. The molecule has 1 amide bonds. The van der Waals surface area contributed by atoms with Crippen molar-refractivity contribution < 1.29 is 27.9 Å². The fraction of sp³-hybridized carbons (Fsp3) is 0.160. The number of nitrogens with one attached hydrogen (secondary N) is 1. The molecular weight excluding hydrogens is 441 g/mol. The first-order valence-electron chi connectivity index (χ1n) is 10.2. The van der Waals surface area contributed by atoms with E-state index < -0.39 is 13.7 Å². The third kappa shape index (κ3) is 7.32. The summed E-state index contributed by atoms with van der Waals surface area (Å²) in [5.74, 6) is 0.675. The molecule has 0 aromatic heterocycles. The molecule has 0 aliphatic rings. The molecule has 0 bridgehead atoms. The number of benzene rings is 3. The van der Waals surface area contributed by atoms with Crippen LogP contribution in [-0.2, 0) is 31.6 Å². The van der Waals surface area contributed by atoms with Gasteiger partial charge in [0, 0.05) is 14.2 Å². The summed E-state index contributed by atoms with van der Waals surface area (Å²) < 4.78 is 34.1. The van der Waals surface area contributed by atoms with E-state index in [9.17, 15) is 9.36 Å².